The molecule has 1 aliphatic heterocycles. The molecule has 0 radical (unpaired) electrons. The number of halogens is 3. The summed E-state index contributed by atoms with van der Waals surface area (Å²) >= 11 is 0. The summed E-state index contributed by atoms with van der Waals surface area (Å²) in [4.78, 5) is 0. The van der Waals surface area contributed by atoms with Gasteiger partial charge in [0.25, 0.3) is 0 Å². The van der Waals surface area contributed by atoms with Gasteiger partial charge in [-0.2, -0.15) is 13.2 Å². The molecule has 0 saturated carbocycles. The standard InChI is InChI=1S/C17H23BF3NO3/c1-15(2)16(3,4)25-18(24-15)12(10-22)8-11-6-7-13(17(19,20)21)14(9-11)23-5/h6-9H,10,22H2,1-5H3. The minimum Gasteiger partial charge on any atom is -0.496 e. The molecule has 1 aromatic carbocycles. The summed E-state index contributed by atoms with van der Waals surface area (Å²) in [6, 6.07) is 3.68. The van der Waals surface area contributed by atoms with Crippen LogP contribution in [0.15, 0.2) is 23.7 Å². The van der Waals surface area contributed by atoms with Crippen molar-refractivity contribution in [3.63, 3.8) is 0 Å². The van der Waals surface area contributed by atoms with Crippen LogP contribution in [0.2, 0.25) is 0 Å². The molecule has 2 N–H and O–H groups in total. The molecule has 2 rings (SSSR count). The topological polar surface area (TPSA) is 53.7 Å². The lowest BCUT2D eigenvalue weighted by Crippen LogP contribution is -2.41. The largest absolute Gasteiger partial charge is 0.496 e. The first-order valence-electron chi connectivity index (χ1n) is 7.92. The van der Waals surface area contributed by atoms with Gasteiger partial charge in [0.1, 0.15) is 5.75 Å². The molecule has 8 heteroatoms. The Morgan fingerprint density at radius 1 is 1.20 bits per heavy atom. The van der Waals surface area contributed by atoms with Crippen molar-refractivity contribution < 1.29 is 27.2 Å². The van der Waals surface area contributed by atoms with Crippen LogP contribution in [0.1, 0.15) is 38.8 Å². The summed E-state index contributed by atoms with van der Waals surface area (Å²) in [7, 11) is 0.555. The molecule has 25 heavy (non-hydrogen) atoms. The van der Waals surface area contributed by atoms with Crippen molar-refractivity contribution in [1.29, 1.82) is 0 Å². The zero-order valence-corrected chi connectivity index (χ0v) is 15.0. The maximum absolute atomic E-state index is 13.0. The van der Waals surface area contributed by atoms with E-state index in [1.54, 1.807) is 6.08 Å². The highest BCUT2D eigenvalue weighted by molar-refractivity contribution is 6.55. The average Bonchev–Trinajstić information content (AvgIpc) is 2.71. The molecular weight excluding hydrogens is 334 g/mol. The van der Waals surface area contributed by atoms with Crippen molar-refractivity contribution >= 4 is 13.2 Å². The number of ether oxygens (including phenoxy) is 1. The highest BCUT2D eigenvalue weighted by atomic mass is 19.4. The van der Waals surface area contributed by atoms with E-state index in [1.165, 1.54) is 19.2 Å². The Labute approximate surface area is 146 Å². The molecule has 1 saturated heterocycles. The van der Waals surface area contributed by atoms with E-state index in [0.29, 0.717) is 11.0 Å². The van der Waals surface area contributed by atoms with E-state index in [9.17, 15) is 13.2 Å². The number of hydrogen-bond acceptors (Lipinski definition) is 4. The van der Waals surface area contributed by atoms with Gasteiger partial charge in [0.15, 0.2) is 0 Å². The minimum absolute atomic E-state index is 0.153. The summed E-state index contributed by atoms with van der Waals surface area (Å²) < 4.78 is 55.6. The highest BCUT2D eigenvalue weighted by Gasteiger charge is 2.52. The number of benzene rings is 1. The van der Waals surface area contributed by atoms with Gasteiger partial charge in [0, 0.05) is 6.54 Å². The Hall–Kier alpha value is -1.51. The van der Waals surface area contributed by atoms with Gasteiger partial charge >= 0.3 is 13.3 Å². The number of nitrogens with two attached hydrogens (primary N) is 1. The maximum Gasteiger partial charge on any atom is 0.491 e. The van der Waals surface area contributed by atoms with Gasteiger partial charge in [-0.25, -0.2) is 0 Å². The van der Waals surface area contributed by atoms with E-state index in [0.717, 1.165) is 6.07 Å². The van der Waals surface area contributed by atoms with Crippen LogP contribution >= 0.6 is 0 Å². The predicted octanol–water partition coefficient (Wildman–Crippen LogP) is 3.69. The maximum atomic E-state index is 13.0. The van der Waals surface area contributed by atoms with Crippen molar-refractivity contribution in [3.8, 4) is 5.75 Å². The van der Waals surface area contributed by atoms with Crippen LogP contribution < -0.4 is 10.5 Å². The van der Waals surface area contributed by atoms with Crippen LogP contribution in [0.5, 0.6) is 5.75 Å². The fourth-order valence-corrected chi connectivity index (χ4v) is 2.46. The Kier molecular flexibility index (Phi) is 5.28. The average molecular weight is 357 g/mol. The third-order valence-electron chi connectivity index (χ3n) is 4.67. The van der Waals surface area contributed by atoms with Crippen LogP contribution in [0.3, 0.4) is 0 Å². The van der Waals surface area contributed by atoms with Crippen LogP contribution in [-0.4, -0.2) is 32.0 Å². The molecule has 138 valence electrons. The minimum atomic E-state index is -4.48. The summed E-state index contributed by atoms with van der Waals surface area (Å²) in [6.07, 6.45) is -2.80. The molecule has 0 amide bonds. The SMILES string of the molecule is COc1cc(C=C(CN)B2OC(C)(C)C(C)(C)O2)ccc1C(F)(F)F. The first-order valence-corrected chi connectivity index (χ1v) is 7.92. The molecular formula is C17H23BF3NO3. The quantitative estimate of drug-likeness (QED) is 0.836. The van der Waals surface area contributed by atoms with Gasteiger partial charge in [0.2, 0.25) is 0 Å². The van der Waals surface area contributed by atoms with Gasteiger partial charge in [0.05, 0.1) is 23.9 Å². The van der Waals surface area contributed by atoms with Crippen molar-refractivity contribution in [1.82, 2.24) is 0 Å². The van der Waals surface area contributed by atoms with Crippen LogP contribution in [0.4, 0.5) is 13.2 Å². The van der Waals surface area contributed by atoms with Gasteiger partial charge in [-0.05, 0) is 50.9 Å². The second kappa shape index (κ2) is 6.66. The molecule has 1 aromatic rings. The molecule has 0 atom stereocenters. The molecule has 0 spiro atoms. The third kappa shape index (κ3) is 4.02. The van der Waals surface area contributed by atoms with Crippen molar-refractivity contribution in [2.75, 3.05) is 13.7 Å². The monoisotopic (exact) mass is 357 g/mol. The second-order valence-corrected chi connectivity index (χ2v) is 6.97. The molecule has 1 aliphatic rings. The smallest absolute Gasteiger partial charge is 0.491 e. The fraction of sp³-hybridized carbons (Fsp3) is 0.529. The zero-order chi connectivity index (χ0) is 19.0. The first kappa shape index (κ1) is 19.8. The lowest BCUT2D eigenvalue weighted by atomic mass is 9.77. The summed E-state index contributed by atoms with van der Waals surface area (Å²) in [5, 5.41) is 0. The van der Waals surface area contributed by atoms with Gasteiger partial charge in [-0.15, -0.1) is 0 Å². The van der Waals surface area contributed by atoms with E-state index < -0.39 is 30.1 Å². The Morgan fingerprint density at radius 3 is 2.20 bits per heavy atom. The van der Waals surface area contributed by atoms with Crippen LogP contribution in [0.25, 0.3) is 6.08 Å². The Morgan fingerprint density at radius 2 is 1.76 bits per heavy atom. The third-order valence-corrected chi connectivity index (χ3v) is 4.67. The molecule has 4 nitrogen and oxygen atoms in total. The van der Waals surface area contributed by atoms with Crippen molar-refractivity contribution in [3.05, 3.63) is 34.8 Å². The highest BCUT2D eigenvalue weighted by Crippen LogP contribution is 2.39. The van der Waals surface area contributed by atoms with Crippen molar-refractivity contribution in [2.24, 2.45) is 5.73 Å². The van der Waals surface area contributed by atoms with Crippen LogP contribution in [-0.2, 0) is 15.5 Å². The number of rotatable bonds is 4. The summed E-state index contributed by atoms with van der Waals surface area (Å²) in [6.45, 7) is 7.83. The number of alkyl halides is 3. The van der Waals surface area contributed by atoms with Gasteiger partial charge in [-0.3, -0.25) is 0 Å². The van der Waals surface area contributed by atoms with Gasteiger partial charge < -0.3 is 19.8 Å². The zero-order valence-electron chi connectivity index (χ0n) is 15.0. The molecule has 0 aliphatic carbocycles. The predicted molar refractivity (Wildman–Crippen MR) is 91.1 cm³/mol. The Bertz CT molecular complexity index is 656. The van der Waals surface area contributed by atoms with Crippen LogP contribution in [0, 0.1) is 0 Å². The fourth-order valence-electron chi connectivity index (χ4n) is 2.46. The van der Waals surface area contributed by atoms with Crippen molar-refractivity contribution in [2.45, 2.75) is 45.1 Å². The van der Waals surface area contributed by atoms with E-state index in [-0.39, 0.29) is 12.3 Å². The van der Waals surface area contributed by atoms with E-state index >= 15 is 0 Å². The Balaban J connectivity index is 2.35. The summed E-state index contributed by atoms with van der Waals surface area (Å²) in [5.41, 5.74) is 5.10. The molecule has 0 bridgehead atoms. The normalized spacial score (nSPS) is 20.0. The number of hydrogen-bond donors (Lipinski definition) is 1. The van der Waals surface area contributed by atoms with E-state index in [4.69, 9.17) is 19.8 Å². The lowest BCUT2D eigenvalue weighted by Gasteiger charge is -2.32. The molecule has 0 aromatic heterocycles. The second-order valence-electron chi connectivity index (χ2n) is 6.97. The van der Waals surface area contributed by atoms with E-state index in [2.05, 4.69) is 0 Å². The lowest BCUT2D eigenvalue weighted by molar-refractivity contribution is -0.138. The first-order chi connectivity index (χ1) is 11.4. The number of methoxy groups -OCH3 is 1. The summed E-state index contributed by atoms with van der Waals surface area (Å²) in [5.74, 6) is -0.244. The van der Waals surface area contributed by atoms with Gasteiger partial charge in [-0.1, -0.05) is 12.1 Å². The van der Waals surface area contributed by atoms with E-state index in [1.807, 2.05) is 27.7 Å². The molecule has 1 fully saturated rings. The molecule has 1 heterocycles. The molecule has 0 unspecified atom stereocenters.